The first-order valence-electron chi connectivity index (χ1n) is 6.66. The molecule has 3 rings (SSSR count). The second-order valence-corrected chi connectivity index (χ2v) is 4.92. The van der Waals surface area contributed by atoms with Crippen molar-refractivity contribution in [2.45, 2.75) is 13.5 Å². The summed E-state index contributed by atoms with van der Waals surface area (Å²) in [5, 5.41) is 0. The molecule has 0 radical (unpaired) electrons. The van der Waals surface area contributed by atoms with Crippen LogP contribution >= 0.6 is 0 Å². The van der Waals surface area contributed by atoms with Gasteiger partial charge in [-0.3, -0.25) is 9.78 Å². The van der Waals surface area contributed by atoms with Crippen molar-refractivity contribution in [3.05, 3.63) is 59.8 Å². The fourth-order valence-electron chi connectivity index (χ4n) is 2.13. The zero-order valence-electron chi connectivity index (χ0n) is 11.9. The van der Waals surface area contributed by atoms with Crippen LogP contribution in [0.3, 0.4) is 0 Å². The largest absolute Gasteiger partial charge is 0.464 e. The van der Waals surface area contributed by atoms with Crippen LogP contribution in [0.5, 0.6) is 0 Å². The van der Waals surface area contributed by atoms with E-state index >= 15 is 0 Å². The van der Waals surface area contributed by atoms with Gasteiger partial charge in [0.2, 0.25) is 0 Å². The Labute approximate surface area is 122 Å². The Morgan fingerprint density at radius 3 is 2.67 bits per heavy atom. The van der Waals surface area contributed by atoms with Gasteiger partial charge in [0.15, 0.2) is 0 Å². The van der Waals surface area contributed by atoms with E-state index in [0.29, 0.717) is 17.8 Å². The third-order valence-electron chi connectivity index (χ3n) is 3.20. The third kappa shape index (κ3) is 2.76. The fourth-order valence-corrected chi connectivity index (χ4v) is 2.13. The smallest absolute Gasteiger partial charge is 0.274 e. The van der Waals surface area contributed by atoms with Crippen molar-refractivity contribution in [3.63, 3.8) is 0 Å². The van der Waals surface area contributed by atoms with Gasteiger partial charge < -0.3 is 9.32 Å². The lowest BCUT2D eigenvalue weighted by Gasteiger charge is -2.15. The number of carbonyl (C=O) groups excluding carboxylic acids is 1. The van der Waals surface area contributed by atoms with Crippen molar-refractivity contribution in [1.82, 2.24) is 14.9 Å². The fraction of sp³-hybridized carbons (Fsp3) is 0.188. The van der Waals surface area contributed by atoms with Gasteiger partial charge >= 0.3 is 0 Å². The summed E-state index contributed by atoms with van der Waals surface area (Å²) in [6.07, 6.45) is 1.51. The molecule has 0 fully saturated rings. The van der Waals surface area contributed by atoms with E-state index in [1.165, 1.54) is 6.20 Å². The zero-order valence-corrected chi connectivity index (χ0v) is 11.9. The molecule has 0 aliphatic rings. The molecule has 0 unspecified atom stereocenters. The molecule has 1 aromatic carbocycles. The van der Waals surface area contributed by atoms with Crippen molar-refractivity contribution in [3.8, 4) is 0 Å². The van der Waals surface area contributed by atoms with Crippen LogP contribution < -0.4 is 0 Å². The van der Waals surface area contributed by atoms with Crippen LogP contribution in [0.15, 0.2) is 47.0 Å². The number of hydrogen-bond donors (Lipinski definition) is 0. The predicted octanol–water partition coefficient (Wildman–Crippen LogP) is 2.80. The average molecular weight is 281 g/mol. The van der Waals surface area contributed by atoms with Gasteiger partial charge in [0.25, 0.3) is 5.91 Å². The first-order valence-corrected chi connectivity index (χ1v) is 6.66. The Balaban J connectivity index is 1.82. The molecule has 3 aromatic rings. The normalized spacial score (nSPS) is 10.8. The van der Waals surface area contributed by atoms with E-state index in [1.807, 2.05) is 43.3 Å². The molecule has 0 N–H and O–H groups in total. The Morgan fingerprint density at radius 2 is 1.95 bits per heavy atom. The van der Waals surface area contributed by atoms with Crippen molar-refractivity contribution in [1.29, 1.82) is 0 Å². The maximum Gasteiger partial charge on any atom is 0.274 e. The van der Waals surface area contributed by atoms with Crippen molar-refractivity contribution in [2.24, 2.45) is 0 Å². The maximum atomic E-state index is 12.4. The molecule has 2 heterocycles. The number of amides is 1. The lowest BCUT2D eigenvalue weighted by molar-refractivity contribution is 0.0769. The molecule has 5 heteroatoms. The lowest BCUT2D eigenvalue weighted by atomic mass is 10.3. The highest BCUT2D eigenvalue weighted by atomic mass is 16.3. The summed E-state index contributed by atoms with van der Waals surface area (Å²) in [7, 11) is 1.72. The Kier molecular flexibility index (Phi) is 3.39. The van der Waals surface area contributed by atoms with E-state index in [9.17, 15) is 4.79 Å². The van der Waals surface area contributed by atoms with Crippen LogP contribution in [0.4, 0.5) is 0 Å². The van der Waals surface area contributed by atoms with E-state index in [1.54, 1.807) is 11.9 Å². The number of fused-ring (bicyclic) bond motifs is 1. The van der Waals surface area contributed by atoms with Gasteiger partial charge in [0.1, 0.15) is 17.2 Å². The molecule has 0 saturated carbocycles. The summed E-state index contributed by atoms with van der Waals surface area (Å²) in [5.41, 5.74) is 1.82. The number of rotatable bonds is 3. The maximum absolute atomic E-state index is 12.4. The SMILES string of the molecule is Cc1ccc(CN(C)C(=O)c2cnc3ccccc3n2)o1. The van der Waals surface area contributed by atoms with Crippen LogP contribution in [-0.2, 0) is 6.54 Å². The minimum atomic E-state index is -0.178. The number of hydrogen-bond acceptors (Lipinski definition) is 4. The van der Waals surface area contributed by atoms with Gasteiger partial charge in [-0.05, 0) is 31.2 Å². The van der Waals surface area contributed by atoms with E-state index in [4.69, 9.17) is 4.42 Å². The van der Waals surface area contributed by atoms with E-state index in [2.05, 4.69) is 9.97 Å². The first-order chi connectivity index (χ1) is 10.1. The molecule has 0 spiro atoms. The minimum absolute atomic E-state index is 0.178. The molecule has 21 heavy (non-hydrogen) atoms. The van der Waals surface area contributed by atoms with Crippen molar-refractivity contribution >= 4 is 16.9 Å². The van der Waals surface area contributed by atoms with E-state index in [-0.39, 0.29) is 5.91 Å². The number of para-hydroxylation sites is 2. The number of carbonyl (C=O) groups is 1. The van der Waals surface area contributed by atoms with E-state index in [0.717, 1.165) is 17.0 Å². The third-order valence-corrected chi connectivity index (χ3v) is 3.20. The summed E-state index contributed by atoms with van der Waals surface area (Å²) >= 11 is 0. The predicted molar refractivity (Wildman–Crippen MR) is 78.8 cm³/mol. The molecular formula is C16H15N3O2. The van der Waals surface area contributed by atoms with Crippen molar-refractivity contribution < 1.29 is 9.21 Å². The second kappa shape index (κ2) is 5.36. The van der Waals surface area contributed by atoms with Crippen LogP contribution in [-0.4, -0.2) is 27.8 Å². The number of nitrogens with zero attached hydrogens (tertiary/aromatic N) is 3. The highest BCUT2D eigenvalue weighted by Crippen LogP contribution is 2.12. The second-order valence-electron chi connectivity index (χ2n) is 4.92. The lowest BCUT2D eigenvalue weighted by Crippen LogP contribution is -2.27. The molecule has 0 atom stereocenters. The molecule has 5 nitrogen and oxygen atoms in total. The van der Waals surface area contributed by atoms with Crippen molar-refractivity contribution in [2.75, 3.05) is 7.05 Å². The highest BCUT2D eigenvalue weighted by molar-refractivity contribution is 5.93. The number of aryl methyl sites for hydroxylation is 1. The molecule has 0 bridgehead atoms. The summed E-state index contributed by atoms with van der Waals surface area (Å²) < 4.78 is 5.48. The standard InChI is InChI=1S/C16H15N3O2/c1-11-7-8-12(21-11)10-19(2)16(20)15-9-17-13-5-3-4-6-14(13)18-15/h3-9H,10H2,1-2H3. The molecule has 2 aromatic heterocycles. The van der Waals surface area contributed by atoms with Gasteiger partial charge in [0.05, 0.1) is 23.8 Å². The molecular weight excluding hydrogens is 266 g/mol. The summed E-state index contributed by atoms with van der Waals surface area (Å²) in [4.78, 5) is 22.6. The summed E-state index contributed by atoms with van der Waals surface area (Å²) in [6.45, 7) is 2.28. The number of aromatic nitrogens is 2. The van der Waals surface area contributed by atoms with Gasteiger partial charge in [-0.2, -0.15) is 0 Å². The highest BCUT2D eigenvalue weighted by Gasteiger charge is 2.15. The minimum Gasteiger partial charge on any atom is -0.464 e. The number of furan rings is 1. The van der Waals surface area contributed by atoms with Gasteiger partial charge in [-0.15, -0.1) is 0 Å². The van der Waals surface area contributed by atoms with Crippen LogP contribution in [0.2, 0.25) is 0 Å². The molecule has 1 amide bonds. The topological polar surface area (TPSA) is 59.2 Å². The molecule has 0 aliphatic carbocycles. The van der Waals surface area contributed by atoms with Gasteiger partial charge in [0, 0.05) is 7.05 Å². The quantitative estimate of drug-likeness (QED) is 0.740. The van der Waals surface area contributed by atoms with Gasteiger partial charge in [-0.1, -0.05) is 12.1 Å². The van der Waals surface area contributed by atoms with Crippen LogP contribution in [0.25, 0.3) is 11.0 Å². The van der Waals surface area contributed by atoms with Crippen LogP contribution in [0, 0.1) is 6.92 Å². The molecule has 0 aliphatic heterocycles. The van der Waals surface area contributed by atoms with E-state index < -0.39 is 0 Å². The molecule has 106 valence electrons. The zero-order chi connectivity index (χ0) is 14.8. The Bertz CT molecular complexity index is 795. The Hall–Kier alpha value is -2.69. The average Bonchev–Trinajstić information content (AvgIpc) is 2.91. The van der Waals surface area contributed by atoms with Crippen LogP contribution in [0.1, 0.15) is 22.0 Å². The first kappa shape index (κ1) is 13.3. The summed E-state index contributed by atoms with van der Waals surface area (Å²) in [5.74, 6) is 1.40. The monoisotopic (exact) mass is 281 g/mol. The number of benzene rings is 1. The van der Waals surface area contributed by atoms with Gasteiger partial charge in [-0.25, -0.2) is 4.98 Å². The Morgan fingerprint density at radius 1 is 1.19 bits per heavy atom. The molecule has 0 saturated heterocycles. The summed E-state index contributed by atoms with van der Waals surface area (Å²) in [6, 6.07) is 11.2.